The van der Waals surface area contributed by atoms with Crippen molar-refractivity contribution in [1.82, 2.24) is 24.9 Å². The van der Waals surface area contributed by atoms with Gasteiger partial charge in [0.05, 0.1) is 5.69 Å². The first-order chi connectivity index (χ1) is 14.3. The minimum absolute atomic E-state index is 0.0407. The van der Waals surface area contributed by atoms with Gasteiger partial charge in [-0.3, -0.25) is 4.79 Å². The summed E-state index contributed by atoms with van der Waals surface area (Å²) in [4.78, 5) is 20.5. The normalized spacial score (nSPS) is 15.3. The predicted molar refractivity (Wildman–Crippen MR) is 101 cm³/mol. The zero-order valence-corrected chi connectivity index (χ0v) is 16.3. The Morgan fingerprint density at radius 2 is 1.83 bits per heavy atom. The highest BCUT2D eigenvalue weighted by Gasteiger charge is 2.43. The molecule has 1 aliphatic rings. The van der Waals surface area contributed by atoms with Crippen LogP contribution < -0.4 is 4.90 Å². The maximum Gasteiger partial charge on any atom is 0.435 e. The predicted octanol–water partition coefficient (Wildman–Crippen LogP) is 3.23. The number of rotatable bonds is 3. The molecule has 0 spiro atoms. The van der Waals surface area contributed by atoms with Gasteiger partial charge in [-0.25, -0.2) is 14.1 Å². The van der Waals surface area contributed by atoms with Crippen molar-refractivity contribution in [3.63, 3.8) is 0 Å². The second-order valence-electron chi connectivity index (χ2n) is 6.62. The van der Waals surface area contributed by atoms with Crippen LogP contribution in [0.5, 0.6) is 0 Å². The van der Waals surface area contributed by atoms with Crippen LogP contribution in [0.3, 0.4) is 0 Å². The van der Waals surface area contributed by atoms with Crippen molar-refractivity contribution >= 4 is 22.4 Å². The van der Waals surface area contributed by atoms with E-state index in [1.165, 1.54) is 16.2 Å². The van der Waals surface area contributed by atoms with Crippen LogP contribution in [0.15, 0.2) is 35.8 Å². The number of hydrogen-bond acceptors (Lipinski definition) is 6. The highest BCUT2D eigenvalue weighted by molar-refractivity contribution is 7.13. The minimum Gasteiger partial charge on any atom is -0.346 e. The maximum absolute atomic E-state index is 13.8. The number of anilines is 1. The van der Waals surface area contributed by atoms with Crippen LogP contribution in [-0.4, -0.2) is 57.0 Å². The smallest absolute Gasteiger partial charge is 0.346 e. The third-order valence-corrected chi connectivity index (χ3v) is 5.52. The summed E-state index contributed by atoms with van der Waals surface area (Å²) in [5.41, 5.74) is -2.09. The number of halogens is 4. The molecule has 1 fully saturated rings. The van der Waals surface area contributed by atoms with Crippen LogP contribution in [-0.2, 0) is 6.18 Å². The van der Waals surface area contributed by atoms with Crippen LogP contribution in [0, 0.1) is 5.82 Å². The van der Waals surface area contributed by atoms with Gasteiger partial charge in [-0.05, 0) is 30.7 Å². The number of carbonyl (C=O) groups is 1. The van der Waals surface area contributed by atoms with Crippen LogP contribution in [0.1, 0.15) is 22.6 Å². The van der Waals surface area contributed by atoms with Gasteiger partial charge in [0.25, 0.3) is 5.91 Å². The van der Waals surface area contributed by atoms with Crippen molar-refractivity contribution in [1.29, 1.82) is 0 Å². The molecule has 1 aromatic carbocycles. The lowest BCUT2D eigenvalue weighted by molar-refractivity contribution is -0.143. The van der Waals surface area contributed by atoms with Gasteiger partial charge >= 0.3 is 6.18 Å². The zero-order valence-electron chi connectivity index (χ0n) is 15.5. The van der Waals surface area contributed by atoms with E-state index in [1.54, 1.807) is 6.20 Å². The molecule has 1 amide bonds. The van der Waals surface area contributed by atoms with Gasteiger partial charge in [0.2, 0.25) is 0 Å². The first-order valence-electron chi connectivity index (χ1n) is 9.07. The molecule has 0 N–H and O–H groups in total. The summed E-state index contributed by atoms with van der Waals surface area (Å²) in [6.07, 6.45) is -2.61. The minimum atomic E-state index is -4.87. The number of benzene rings is 1. The number of amides is 1. The van der Waals surface area contributed by atoms with E-state index >= 15 is 0 Å². The molecule has 12 heteroatoms. The number of alkyl halides is 3. The van der Waals surface area contributed by atoms with Crippen molar-refractivity contribution in [3.05, 3.63) is 53.0 Å². The van der Waals surface area contributed by atoms with Crippen molar-refractivity contribution < 1.29 is 22.4 Å². The van der Waals surface area contributed by atoms with Crippen LogP contribution in [0.4, 0.5) is 22.7 Å². The number of nitrogens with zero attached hydrogens (tertiary/aromatic N) is 6. The van der Waals surface area contributed by atoms with Gasteiger partial charge in [0.15, 0.2) is 16.5 Å². The molecule has 0 unspecified atom stereocenters. The molecule has 0 atom stereocenters. The van der Waals surface area contributed by atoms with Crippen LogP contribution >= 0.6 is 11.3 Å². The Balaban J connectivity index is 1.61. The summed E-state index contributed by atoms with van der Waals surface area (Å²) >= 11 is 1.46. The summed E-state index contributed by atoms with van der Waals surface area (Å²) < 4.78 is 55.1. The first-order valence-corrected chi connectivity index (χ1v) is 9.95. The summed E-state index contributed by atoms with van der Waals surface area (Å²) in [5, 5.41) is 9.72. The van der Waals surface area contributed by atoms with E-state index in [-0.39, 0.29) is 12.2 Å². The molecular weight excluding hydrogens is 424 g/mol. The Hall–Kier alpha value is -3.02. The molecule has 3 aromatic rings. The molecule has 30 heavy (non-hydrogen) atoms. The molecular formula is C18H16F4N6OS. The molecule has 7 nitrogen and oxygen atoms in total. The Kier molecular flexibility index (Phi) is 5.41. The molecule has 1 saturated heterocycles. The van der Waals surface area contributed by atoms with Crippen molar-refractivity contribution in [2.45, 2.75) is 12.6 Å². The second-order valence-corrected chi connectivity index (χ2v) is 7.49. The fourth-order valence-corrected chi connectivity index (χ4v) is 3.97. The van der Waals surface area contributed by atoms with E-state index in [2.05, 4.69) is 15.3 Å². The Morgan fingerprint density at radius 3 is 2.50 bits per heavy atom. The van der Waals surface area contributed by atoms with E-state index in [1.807, 2.05) is 10.3 Å². The van der Waals surface area contributed by atoms with E-state index in [0.29, 0.717) is 30.7 Å². The molecule has 158 valence electrons. The molecule has 0 bridgehead atoms. The van der Waals surface area contributed by atoms with E-state index in [4.69, 9.17) is 0 Å². The number of carbonyl (C=O) groups excluding carboxylic acids is 1. The lowest BCUT2D eigenvalue weighted by atomic mass is 10.2. The third kappa shape index (κ3) is 3.99. The van der Waals surface area contributed by atoms with Gasteiger partial charge in [-0.2, -0.15) is 13.2 Å². The Bertz CT molecular complexity index is 1020. The van der Waals surface area contributed by atoms with Crippen molar-refractivity contribution in [2.24, 2.45) is 0 Å². The quantitative estimate of drug-likeness (QED) is 0.585. The molecule has 3 heterocycles. The van der Waals surface area contributed by atoms with Crippen LogP contribution in [0.25, 0.3) is 5.69 Å². The van der Waals surface area contributed by atoms with Gasteiger partial charge < -0.3 is 9.80 Å². The largest absolute Gasteiger partial charge is 0.435 e. The molecule has 4 rings (SSSR count). The SMILES string of the molecule is O=C(c1nnn(-c2ccc(F)cc2)c1C(F)(F)F)N1CCCN(c2nccs2)CC1. The van der Waals surface area contributed by atoms with Gasteiger partial charge in [-0.1, -0.05) is 5.21 Å². The molecule has 1 aliphatic heterocycles. The molecule has 0 radical (unpaired) electrons. The van der Waals surface area contributed by atoms with Gasteiger partial charge in [0, 0.05) is 37.8 Å². The van der Waals surface area contributed by atoms with E-state index in [9.17, 15) is 22.4 Å². The maximum atomic E-state index is 13.8. The zero-order chi connectivity index (χ0) is 21.3. The Labute approximate surface area is 172 Å². The lowest BCUT2D eigenvalue weighted by Crippen LogP contribution is -2.36. The number of hydrogen-bond donors (Lipinski definition) is 0. The monoisotopic (exact) mass is 440 g/mol. The van der Waals surface area contributed by atoms with Crippen LogP contribution in [0.2, 0.25) is 0 Å². The number of aromatic nitrogens is 4. The average molecular weight is 440 g/mol. The summed E-state index contributed by atoms with van der Waals surface area (Å²) in [7, 11) is 0. The van der Waals surface area contributed by atoms with E-state index < -0.39 is 29.3 Å². The summed E-state index contributed by atoms with van der Waals surface area (Å²) in [6.45, 7) is 1.62. The fraction of sp³-hybridized carbons (Fsp3) is 0.333. The molecule has 0 aliphatic carbocycles. The van der Waals surface area contributed by atoms with Gasteiger partial charge in [-0.15, -0.1) is 16.4 Å². The topological polar surface area (TPSA) is 67.2 Å². The number of thiazole rings is 1. The van der Waals surface area contributed by atoms with Gasteiger partial charge in [0.1, 0.15) is 5.82 Å². The first kappa shape index (κ1) is 20.3. The standard InChI is InChI=1S/C18H16F4N6OS/c19-12-2-4-13(5-3-12)28-15(18(20,21)22)14(24-25-28)16(29)26-7-1-8-27(10-9-26)17-23-6-11-30-17/h2-6,11H,1,7-10H2. The highest BCUT2D eigenvalue weighted by Crippen LogP contribution is 2.33. The lowest BCUT2D eigenvalue weighted by Gasteiger charge is -2.21. The molecule has 0 saturated carbocycles. The van der Waals surface area contributed by atoms with Crippen molar-refractivity contribution in [3.8, 4) is 5.69 Å². The summed E-state index contributed by atoms with van der Waals surface area (Å²) in [6, 6.07) is 4.32. The van der Waals surface area contributed by atoms with Crippen molar-refractivity contribution in [2.75, 3.05) is 31.1 Å². The second kappa shape index (κ2) is 8.01. The Morgan fingerprint density at radius 1 is 1.07 bits per heavy atom. The summed E-state index contributed by atoms with van der Waals surface area (Å²) in [5.74, 6) is -1.44. The fourth-order valence-electron chi connectivity index (χ4n) is 3.28. The van der Waals surface area contributed by atoms with E-state index in [0.717, 1.165) is 29.4 Å². The average Bonchev–Trinajstić information content (AvgIpc) is 3.33. The molecule has 2 aromatic heterocycles. The highest BCUT2D eigenvalue weighted by atomic mass is 32.1. The third-order valence-electron chi connectivity index (χ3n) is 4.69.